The SMILES string of the molecule is CC(C)=CCC/C(C)=C/CC/C(C)=C/CC/C(C)=C/CC/C=C/CC/C(C)=C/CC/C=C/C(C)(C)c1c(C)c(-c2cccc(C(=O)O)c2)c2ccccc2c1O. The van der Waals surface area contributed by atoms with Gasteiger partial charge in [0.1, 0.15) is 5.75 Å². The molecule has 300 valence electrons. The molecule has 0 saturated carbocycles. The Balaban J connectivity index is 1.44. The number of allylic oxidation sites excluding steroid dienone is 14. The van der Waals surface area contributed by atoms with Gasteiger partial charge in [0.25, 0.3) is 0 Å². The maximum atomic E-state index is 11.8. The zero-order chi connectivity index (χ0) is 41.1. The van der Waals surface area contributed by atoms with E-state index in [-0.39, 0.29) is 11.3 Å². The number of hydrogen-bond donors (Lipinski definition) is 2. The van der Waals surface area contributed by atoms with E-state index in [4.69, 9.17) is 0 Å². The Morgan fingerprint density at radius 1 is 0.607 bits per heavy atom. The molecule has 3 aromatic rings. The van der Waals surface area contributed by atoms with E-state index in [9.17, 15) is 15.0 Å². The first-order valence-electron chi connectivity index (χ1n) is 20.9. The highest BCUT2D eigenvalue weighted by Gasteiger charge is 2.28. The molecule has 0 aliphatic heterocycles. The van der Waals surface area contributed by atoms with Gasteiger partial charge in [0.05, 0.1) is 5.56 Å². The third kappa shape index (κ3) is 15.1. The molecule has 3 aromatic carbocycles. The highest BCUT2D eigenvalue weighted by atomic mass is 16.4. The Kier molecular flexibility index (Phi) is 19.2. The van der Waals surface area contributed by atoms with Gasteiger partial charge >= 0.3 is 5.97 Å². The van der Waals surface area contributed by atoms with Gasteiger partial charge in [-0.3, -0.25) is 0 Å². The van der Waals surface area contributed by atoms with Crippen molar-refractivity contribution in [1.29, 1.82) is 0 Å². The van der Waals surface area contributed by atoms with E-state index in [0.717, 1.165) is 104 Å². The molecule has 0 amide bonds. The molecular formula is C53H70O3. The number of fused-ring (bicyclic) bond motifs is 1. The molecule has 2 N–H and O–H groups in total. The van der Waals surface area contributed by atoms with Crippen LogP contribution >= 0.6 is 0 Å². The van der Waals surface area contributed by atoms with Crippen LogP contribution in [0.5, 0.6) is 5.75 Å². The van der Waals surface area contributed by atoms with Crippen LogP contribution in [0.15, 0.2) is 131 Å². The molecule has 0 unspecified atom stereocenters. The number of carbonyl (C=O) groups is 1. The second-order valence-corrected chi connectivity index (χ2v) is 16.5. The Morgan fingerprint density at radius 2 is 1.11 bits per heavy atom. The molecular weight excluding hydrogens is 685 g/mol. The van der Waals surface area contributed by atoms with E-state index >= 15 is 0 Å². The van der Waals surface area contributed by atoms with Crippen LogP contribution < -0.4 is 0 Å². The van der Waals surface area contributed by atoms with Crippen LogP contribution in [0, 0.1) is 6.92 Å². The lowest BCUT2D eigenvalue weighted by Gasteiger charge is -2.28. The smallest absolute Gasteiger partial charge is 0.335 e. The minimum absolute atomic E-state index is 0.248. The normalized spacial score (nSPS) is 13.4. The summed E-state index contributed by atoms with van der Waals surface area (Å²) in [6, 6.07) is 14.9. The summed E-state index contributed by atoms with van der Waals surface area (Å²) in [7, 11) is 0. The fraction of sp³-hybridized carbons (Fsp3) is 0.415. The van der Waals surface area contributed by atoms with E-state index in [1.54, 1.807) is 18.2 Å². The number of benzene rings is 3. The third-order valence-electron chi connectivity index (χ3n) is 10.7. The van der Waals surface area contributed by atoms with Crippen LogP contribution in [-0.2, 0) is 5.41 Å². The van der Waals surface area contributed by atoms with Gasteiger partial charge in [0, 0.05) is 16.4 Å². The fourth-order valence-electron chi connectivity index (χ4n) is 7.46. The van der Waals surface area contributed by atoms with Gasteiger partial charge < -0.3 is 10.2 Å². The van der Waals surface area contributed by atoms with Gasteiger partial charge in [-0.05, 0) is 160 Å². The molecule has 0 radical (unpaired) electrons. The zero-order valence-electron chi connectivity index (χ0n) is 36.1. The van der Waals surface area contributed by atoms with E-state index in [0.29, 0.717) is 0 Å². The Hall–Kier alpha value is -4.63. The summed E-state index contributed by atoms with van der Waals surface area (Å²) >= 11 is 0. The van der Waals surface area contributed by atoms with Crippen molar-refractivity contribution in [2.75, 3.05) is 0 Å². The number of aromatic hydroxyl groups is 1. The molecule has 56 heavy (non-hydrogen) atoms. The molecule has 0 bridgehead atoms. The number of aromatic carboxylic acids is 1. The number of carboxylic acid groups (broad SMARTS) is 1. The van der Waals surface area contributed by atoms with E-state index in [2.05, 4.69) is 110 Å². The van der Waals surface area contributed by atoms with Gasteiger partial charge in [-0.2, -0.15) is 0 Å². The van der Waals surface area contributed by atoms with Crippen LogP contribution in [0.25, 0.3) is 21.9 Å². The summed E-state index contributed by atoms with van der Waals surface area (Å²) in [6.45, 7) is 19.7. The Labute approximate surface area is 340 Å². The lowest BCUT2D eigenvalue weighted by molar-refractivity contribution is 0.0697. The molecule has 0 spiro atoms. The van der Waals surface area contributed by atoms with Crippen molar-refractivity contribution in [3.8, 4) is 16.9 Å². The highest BCUT2D eigenvalue weighted by molar-refractivity contribution is 6.04. The van der Waals surface area contributed by atoms with Crippen molar-refractivity contribution >= 4 is 16.7 Å². The third-order valence-corrected chi connectivity index (χ3v) is 10.7. The largest absolute Gasteiger partial charge is 0.507 e. The summed E-state index contributed by atoms with van der Waals surface area (Å²) in [5.41, 5.74) is 10.8. The Bertz CT molecular complexity index is 1970. The predicted octanol–water partition coefficient (Wildman–Crippen LogP) is 16.0. The van der Waals surface area contributed by atoms with Gasteiger partial charge in [-0.1, -0.05) is 133 Å². The summed E-state index contributed by atoms with van der Waals surface area (Å²) < 4.78 is 0. The molecule has 3 heteroatoms. The molecule has 3 nitrogen and oxygen atoms in total. The van der Waals surface area contributed by atoms with Crippen molar-refractivity contribution in [3.63, 3.8) is 0 Å². The molecule has 0 aliphatic rings. The molecule has 0 atom stereocenters. The van der Waals surface area contributed by atoms with Crippen molar-refractivity contribution in [1.82, 2.24) is 0 Å². The van der Waals surface area contributed by atoms with Crippen LogP contribution in [0.3, 0.4) is 0 Å². The van der Waals surface area contributed by atoms with E-state index < -0.39 is 11.4 Å². The number of rotatable bonds is 22. The number of unbranched alkanes of at least 4 members (excludes halogenated alkanes) is 2. The minimum atomic E-state index is -0.952. The lowest BCUT2D eigenvalue weighted by Crippen LogP contribution is -2.16. The second-order valence-electron chi connectivity index (χ2n) is 16.5. The number of phenols is 1. The highest BCUT2D eigenvalue weighted by Crippen LogP contribution is 2.46. The van der Waals surface area contributed by atoms with Crippen molar-refractivity contribution in [2.45, 2.75) is 145 Å². The topological polar surface area (TPSA) is 57.5 Å². The second kappa shape index (κ2) is 23.4. The average molecular weight is 755 g/mol. The summed E-state index contributed by atoms with van der Waals surface area (Å²) in [6.07, 6.45) is 34.2. The quantitative estimate of drug-likeness (QED) is 0.0793. The van der Waals surface area contributed by atoms with Crippen molar-refractivity contribution in [3.05, 3.63) is 148 Å². The summed E-state index contributed by atoms with van der Waals surface area (Å²) in [5.74, 6) is -0.666. The number of carboxylic acids is 1. The summed E-state index contributed by atoms with van der Waals surface area (Å²) in [5, 5.41) is 22.9. The van der Waals surface area contributed by atoms with Crippen molar-refractivity contribution < 1.29 is 15.0 Å². The van der Waals surface area contributed by atoms with Gasteiger partial charge in [-0.15, -0.1) is 0 Å². The molecule has 0 fully saturated rings. The van der Waals surface area contributed by atoms with Crippen LogP contribution in [0.4, 0.5) is 0 Å². The van der Waals surface area contributed by atoms with Crippen molar-refractivity contribution in [2.24, 2.45) is 0 Å². The molecule has 0 aliphatic carbocycles. The maximum absolute atomic E-state index is 11.8. The number of hydrogen-bond acceptors (Lipinski definition) is 2. The lowest BCUT2D eigenvalue weighted by atomic mass is 9.76. The standard InChI is InChI=1S/C53H70O3/c1-39(2)24-20-28-42(5)30-22-32-43(6)31-21-29-41(4)26-15-12-10-11-14-25-40(3)27-16-13-19-37-53(8,9)50-44(7)49(45-33-23-34-46(38-45)52(55)56)47-35-17-18-36-48(47)51(50)54/h10-11,17-19,23-24,26-27,30-31,33-38,54H,12-16,20-22,25,28-29,32H2,1-9H3,(H,55,56)/b11-10+,37-19+,40-27+,41-26+,42-30+,43-31+. The fourth-order valence-corrected chi connectivity index (χ4v) is 7.46. The molecule has 0 saturated heterocycles. The molecule has 0 aromatic heterocycles. The first kappa shape index (κ1) is 45.8. The van der Waals surface area contributed by atoms with E-state index in [1.165, 1.54) is 34.3 Å². The first-order chi connectivity index (χ1) is 26.7. The molecule has 0 heterocycles. The van der Waals surface area contributed by atoms with Crippen LogP contribution in [0.1, 0.15) is 154 Å². The van der Waals surface area contributed by atoms with Gasteiger partial charge in [0.15, 0.2) is 0 Å². The molecule has 3 rings (SSSR count). The summed E-state index contributed by atoms with van der Waals surface area (Å²) in [4.78, 5) is 11.8. The number of phenolic OH excluding ortho intramolecular Hbond substituents is 1. The first-order valence-corrected chi connectivity index (χ1v) is 20.9. The van der Waals surface area contributed by atoms with Crippen LogP contribution in [-0.4, -0.2) is 16.2 Å². The van der Waals surface area contributed by atoms with Gasteiger partial charge in [0.2, 0.25) is 0 Å². The van der Waals surface area contributed by atoms with E-state index in [1.807, 2.05) is 37.3 Å². The predicted molar refractivity (Wildman–Crippen MR) is 244 cm³/mol. The maximum Gasteiger partial charge on any atom is 0.335 e. The van der Waals surface area contributed by atoms with Gasteiger partial charge in [-0.25, -0.2) is 4.79 Å². The zero-order valence-corrected chi connectivity index (χ0v) is 36.1. The minimum Gasteiger partial charge on any atom is -0.507 e. The Morgan fingerprint density at radius 3 is 1.68 bits per heavy atom. The van der Waals surface area contributed by atoms with Crippen LogP contribution in [0.2, 0.25) is 0 Å². The average Bonchev–Trinajstić information content (AvgIpc) is 3.14. The monoisotopic (exact) mass is 755 g/mol.